The van der Waals surface area contributed by atoms with E-state index in [1.54, 1.807) is 12.1 Å². The molecule has 2 heterocycles. The molecule has 0 unspecified atom stereocenters. The number of rotatable bonds is 3. The molecular weight excluding hydrogens is 306 g/mol. The third-order valence-electron chi connectivity index (χ3n) is 4.85. The summed E-state index contributed by atoms with van der Waals surface area (Å²) < 4.78 is 11.4. The summed E-state index contributed by atoms with van der Waals surface area (Å²) in [7, 11) is 0. The number of hydrogen-bond acceptors (Lipinski definition) is 5. The Bertz CT molecular complexity index is 853. The van der Waals surface area contributed by atoms with Gasteiger partial charge in [-0.15, -0.1) is 0 Å². The van der Waals surface area contributed by atoms with Crippen LogP contribution in [0.4, 0.5) is 0 Å². The molecule has 1 saturated heterocycles. The number of carbonyl (C=O) groups is 1. The Kier molecular flexibility index (Phi) is 4.45. The van der Waals surface area contributed by atoms with E-state index < -0.39 is 0 Å². The molecule has 1 atom stereocenters. The fourth-order valence-electron chi connectivity index (χ4n) is 3.57. The molecule has 24 heavy (non-hydrogen) atoms. The van der Waals surface area contributed by atoms with Crippen molar-refractivity contribution in [2.24, 2.45) is 0 Å². The molecule has 0 bridgehead atoms. The SMILES string of the molecule is CCN1CCC[C@@H]1c1oc2c(C)c(OC(C)=O)ccc2c(=O)c1C. The van der Waals surface area contributed by atoms with E-state index in [0.717, 1.165) is 31.7 Å². The van der Waals surface area contributed by atoms with E-state index in [1.807, 2.05) is 13.8 Å². The van der Waals surface area contributed by atoms with Gasteiger partial charge in [0.25, 0.3) is 0 Å². The molecule has 0 saturated carbocycles. The number of likely N-dealkylation sites (tertiary alicyclic amines) is 1. The zero-order chi connectivity index (χ0) is 17.4. The Hall–Kier alpha value is -2.14. The molecule has 1 fully saturated rings. The summed E-state index contributed by atoms with van der Waals surface area (Å²) in [6, 6.07) is 3.47. The number of nitrogens with zero attached hydrogens (tertiary/aromatic N) is 1. The third-order valence-corrected chi connectivity index (χ3v) is 4.85. The van der Waals surface area contributed by atoms with Gasteiger partial charge in [-0.05, 0) is 51.9 Å². The monoisotopic (exact) mass is 329 g/mol. The minimum atomic E-state index is -0.389. The van der Waals surface area contributed by atoms with Gasteiger partial charge < -0.3 is 9.15 Å². The van der Waals surface area contributed by atoms with Gasteiger partial charge in [-0.3, -0.25) is 14.5 Å². The van der Waals surface area contributed by atoms with Gasteiger partial charge >= 0.3 is 5.97 Å². The van der Waals surface area contributed by atoms with Crippen molar-refractivity contribution >= 4 is 16.9 Å². The average molecular weight is 329 g/mol. The smallest absolute Gasteiger partial charge is 0.308 e. The third kappa shape index (κ3) is 2.73. The van der Waals surface area contributed by atoms with Crippen LogP contribution in [0.15, 0.2) is 21.3 Å². The van der Waals surface area contributed by atoms with Crippen LogP contribution in [0.2, 0.25) is 0 Å². The van der Waals surface area contributed by atoms with E-state index in [4.69, 9.17) is 9.15 Å². The van der Waals surface area contributed by atoms with Crippen molar-refractivity contribution < 1.29 is 13.9 Å². The van der Waals surface area contributed by atoms with Gasteiger partial charge in [-0.1, -0.05) is 6.92 Å². The molecule has 0 N–H and O–H groups in total. The molecule has 3 rings (SSSR count). The summed E-state index contributed by atoms with van der Waals surface area (Å²) in [5.41, 5.74) is 1.86. The van der Waals surface area contributed by atoms with Crippen LogP contribution in [0.5, 0.6) is 5.75 Å². The van der Waals surface area contributed by atoms with Gasteiger partial charge in [0.05, 0.1) is 11.4 Å². The number of hydrogen-bond donors (Lipinski definition) is 0. The van der Waals surface area contributed by atoms with Crippen LogP contribution in [0.25, 0.3) is 11.0 Å². The van der Waals surface area contributed by atoms with Crippen molar-refractivity contribution in [1.82, 2.24) is 4.90 Å². The van der Waals surface area contributed by atoms with E-state index in [1.165, 1.54) is 6.92 Å². The molecule has 0 spiro atoms. The van der Waals surface area contributed by atoms with Crippen LogP contribution in [-0.4, -0.2) is 24.0 Å². The lowest BCUT2D eigenvalue weighted by molar-refractivity contribution is -0.131. The summed E-state index contributed by atoms with van der Waals surface area (Å²) in [6.45, 7) is 9.08. The summed E-state index contributed by atoms with van der Waals surface area (Å²) >= 11 is 0. The van der Waals surface area contributed by atoms with E-state index in [0.29, 0.717) is 27.8 Å². The van der Waals surface area contributed by atoms with Crippen LogP contribution in [0, 0.1) is 13.8 Å². The van der Waals surface area contributed by atoms with Gasteiger partial charge in [0.2, 0.25) is 0 Å². The molecule has 128 valence electrons. The highest BCUT2D eigenvalue weighted by Crippen LogP contribution is 2.35. The topological polar surface area (TPSA) is 59.8 Å². The molecule has 0 radical (unpaired) electrons. The first kappa shape index (κ1) is 16.7. The minimum absolute atomic E-state index is 0.00771. The van der Waals surface area contributed by atoms with Crippen LogP contribution in [0.3, 0.4) is 0 Å². The minimum Gasteiger partial charge on any atom is -0.458 e. The Labute approximate surface area is 141 Å². The fourth-order valence-corrected chi connectivity index (χ4v) is 3.57. The van der Waals surface area contributed by atoms with Gasteiger partial charge in [0.15, 0.2) is 5.43 Å². The lowest BCUT2D eigenvalue weighted by Gasteiger charge is -2.23. The molecule has 1 aliphatic rings. The number of fused-ring (bicyclic) bond motifs is 1. The average Bonchev–Trinajstić information content (AvgIpc) is 3.01. The Balaban J connectivity index is 2.21. The number of benzene rings is 1. The van der Waals surface area contributed by atoms with Crippen molar-refractivity contribution in [1.29, 1.82) is 0 Å². The molecule has 5 heteroatoms. The Morgan fingerprint density at radius 1 is 1.33 bits per heavy atom. The molecule has 1 aliphatic heterocycles. The van der Waals surface area contributed by atoms with Crippen molar-refractivity contribution in [3.63, 3.8) is 0 Å². The van der Waals surface area contributed by atoms with Crippen molar-refractivity contribution in [2.75, 3.05) is 13.1 Å². The maximum absolute atomic E-state index is 12.8. The molecule has 2 aromatic rings. The lowest BCUT2D eigenvalue weighted by atomic mass is 10.0. The van der Waals surface area contributed by atoms with Crippen molar-refractivity contribution in [3.8, 4) is 5.75 Å². The molecule has 0 aliphatic carbocycles. The van der Waals surface area contributed by atoms with E-state index in [-0.39, 0.29) is 17.4 Å². The second kappa shape index (κ2) is 6.40. The normalized spacial score (nSPS) is 18.2. The number of carbonyl (C=O) groups excluding carboxylic acids is 1. The van der Waals surface area contributed by atoms with Gasteiger partial charge in [0.1, 0.15) is 17.1 Å². The van der Waals surface area contributed by atoms with Gasteiger partial charge in [-0.25, -0.2) is 0 Å². The van der Waals surface area contributed by atoms with Crippen molar-refractivity contribution in [3.05, 3.63) is 39.2 Å². The Morgan fingerprint density at radius 3 is 2.75 bits per heavy atom. The van der Waals surface area contributed by atoms with Crippen molar-refractivity contribution in [2.45, 2.75) is 46.6 Å². The van der Waals surface area contributed by atoms with E-state index >= 15 is 0 Å². The predicted molar refractivity (Wildman–Crippen MR) is 92.5 cm³/mol. The van der Waals surface area contributed by atoms with Crippen LogP contribution < -0.4 is 10.2 Å². The summed E-state index contributed by atoms with van der Waals surface area (Å²) in [5.74, 6) is 0.793. The maximum Gasteiger partial charge on any atom is 0.308 e. The highest BCUT2D eigenvalue weighted by atomic mass is 16.5. The summed E-state index contributed by atoms with van der Waals surface area (Å²) in [4.78, 5) is 26.4. The first-order valence-electron chi connectivity index (χ1n) is 8.43. The first-order chi connectivity index (χ1) is 11.4. The standard InChI is InChI=1S/C19H23NO4/c1-5-20-10-6-7-15(20)19-12(3)17(22)14-8-9-16(23-13(4)21)11(2)18(14)24-19/h8-9,15H,5-7,10H2,1-4H3/t15-/m1/s1. The van der Waals surface area contributed by atoms with Gasteiger partial charge in [0, 0.05) is 18.1 Å². The predicted octanol–water partition coefficient (Wildman–Crippen LogP) is 3.49. The first-order valence-corrected chi connectivity index (χ1v) is 8.43. The molecule has 1 aromatic heterocycles. The van der Waals surface area contributed by atoms with Crippen LogP contribution >= 0.6 is 0 Å². The quantitative estimate of drug-likeness (QED) is 0.637. The fraction of sp³-hybridized carbons (Fsp3) is 0.474. The summed E-state index contributed by atoms with van der Waals surface area (Å²) in [6.07, 6.45) is 2.10. The number of esters is 1. The largest absolute Gasteiger partial charge is 0.458 e. The molecule has 5 nitrogen and oxygen atoms in total. The number of aryl methyl sites for hydroxylation is 1. The Morgan fingerprint density at radius 2 is 2.08 bits per heavy atom. The second-order valence-electron chi connectivity index (χ2n) is 6.37. The second-order valence-corrected chi connectivity index (χ2v) is 6.37. The van der Waals surface area contributed by atoms with Crippen LogP contribution in [-0.2, 0) is 4.79 Å². The highest BCUT2D eigenvalue weighted by molar-refractivity contribution is 5.84. The van der Waals surface area contributed by atoms with Gasteiger partial charge in [-0.2, -0.15) is 0 Å². The summed E-state index contributed by atoms with van der Waals surface area (Å²) in [5, 5.41) is 0.533. The molecular formula is C19H23NO4. The molecule has 0 amide bonds. The molecule has 1 aromatic carbocycles. The lowest BCUT2D eigenvalue weighted by Crippen LogP contribution is -2.25. The van der Waals surface area contributed by atoms with E-state index in [2.05, 4.69) is 11.8 Å². The highest BCUT2D eigenvalue weighted by Gasteiger charge is 2.29. The zero-order valence-corrected chi connectivity index (χ0v) is 14.6. The number of ether oxygens (including phenoxy) is 1. The maximum atomic E-state index is 12.8. The van der Waals surface area contributed by atoms with Crippen LogP contribution in [0.1, 0.15) is 49.6 Å². The zero-order valence-electron chi connectivity index (χ0n) is 14.6. The van der Waals surface area contributed by atoms with E-state index in [9.17, 15) is 9.59 Å².